The van der Waals surface area contributed by atoms with Crippen LogP contribution in [-0.4, -0.2) is 0 Å². The number of hydrogen-bond donors (Lipinski definition) is 0. The molecular weight excluding hydrogens is 156 g/mol. The van der Waals surface area contributed by atoms with Crippen molar-refractivity contribution in [2.75, 3.05) is 0 Å². The molecule has 0 aliphatic heterocycles. The topological polar surface area (TPSA) is 0 Å². The van der Waals surface area contributed by atoms with Gasteiger partial charge in [0.2, 0.25) is 0 Å². The molecule has 0 heterocycles. The van der Waals surface area contributed by atoms with Gasteiger partial charge in [-0.3, -0.25) is 0 Å². The molecule has 0 bridgehead atoms. The van der Waals surface area contributed by atoms with Crippen molar-refractivity contribution < 1.29 is 0 Å². The smallest absolute Gasteiger partial charge is 0.0169 e. The molecule has 0 fully saturated rings. The molecule has 76 valence electrons. The third-order valence-corrected chi connectivity index (χ3v) is 2.04. The molecule has 0 aliphatic rings. The Morgan fingerprint density at radius 1 is 0.692 bits per heavy atom. The average molecular weight is 180 g/mol. The summed E-state index contributed by atoms with van der Waals surface area (Å²) < 4.78 is 0. The number of unbranched alkanes of at least 4 members (excludes halogenated alkanes) is 4. The zero-order valence-corrected chi connectivity index (χ0v) is 9.26. The Labute approximate surface area is 83.7 Å². The summed E-state index contributed by atoms with van der Waals surface area (Å²) in [6, 6.07) is 0. The van der Waals surface area contributed by atoms with Crippen molar-refractivity contribution in [2.45, 2.75) is 58.8 Å². The van der Waals surface area contributed by atoms with Crippen LogP contribution in [0.2, 0.25) is 0 Å². The maximum atomic E-state index is 2.31. The summed E-state index contributed by atoms with van der Waals surface area (Å²) in [5, 5.41) is 0. The van der Waals surface area contributed by atoms with Gasteiger partial charge in [0.15, 0.2) is 0 Å². The van der Waals surface area contributed by atoms with Gasteiger partial charge in [-0.1, -0.05) is 57.4 Å². The minimum Gasteiger partial charge on any atom is -0.0882 e. The molecule has 0 unspecified atom stereocenters. The van der Waals surface area contributed by atoms with Gasteiger partial charge in [0.25, 0.3) is 0 Å². The third-order valence-electron chi connectivity index (χ3n) is 2.04. The Balaban J connectivity index is 3.11. The molecule has 0 nitrogen and oxygen atoms in total. The molecule has 0 N–H and O–H groups in total. The summed E-state index contributed by atoms with van der Waals surface area (Å²) in [6.07, 6.45) is 18.0. The second-order valence-electron chi connectivity index (χ2n) is 3.46. The lowest BCUT2D eigenvalue weighted by molar-refractivity contribution is 0.728. The van der Waals surface area contributed by atoms with E-state index in [1.807, 2.05) is 0 Å². The van der Waals surface area contributed by atoms with E-state index < -0.39 is 0 Å². The van der Waals surface area contributed by atoms with Crippen molar-refractivity contribution in [1.29, 1.82) is 0 Å². The summed E-state index contributed by atoms with van der Waals surface area (Å²) in [4.78, 5) is 0. The fourth-order valence-corrected chi connectivity index (χ4v) is 1.19. The van der Waals surface area contributed by atoms with E-state index in [1.165, 1.54) is 38.5 Å². The van der Waals surface area contributed by atoms with Crippen LogP contribution in [0, 0.1) is 0 Å². The monoisotopic (exact) mass is 180 g/mol. The van der Waals surface area contributed by atoms with E-state index in [0.29, 0.717) is 0 Å². The number of hydrogen-bond acceptors (Lipinski definition) is 0. The third kappa shape index (κ3) is 11.5. The van der Waals surface area contributed by atoms with Gasteiger partial charge in [0.05, 0.1) is 0 Å². The minimum atomic E-state index is 1.12. The molecule has 0 heteroatoms. The highest BCUT2D eigenvalue weighted by molar-refractivity contribution is 4.92. The van der Waals surface area contributed by atoms with Gasteiger partial charge in [0.1, 0.15) is 0 Å². The Morgan fingerprint density at radius 2 is 1.38 bits per heavy atom. The van der Waals surface area contributed by atoms with Crippen LogP contribution in [0.1, 0.15) is 58.8 Å². The summed E-state index contributed by atoms with van der Waals surface area (Å²) in [7, 11) is 0. The molecule has 0 aromatic heterocycles. The summed E-state index contributed by atoms with van der Waals surface area (Å²) in [6.45, 7) is 4.46. The van der Waals surface area contributed by atoms with Gasteiger partial charge in [0, 0.05) is 0 Å². The molecule has 0 saturated heterocycles. The van der Waals surface area contributed by atoms with Crippen LogP contribution < -0.4 is 0 Å². The Hall–Kier alpha value is -0.520. The van der Waals surface area contributed by atoms with E-state index >= 15 is 0 Å². The Bertz CT molecular complexity index is 131. The van der Waals surface area contributed by atoms with Crippen molar-refractivity contribution >= 4 is 0 Å². The van der Waals surface area contributed by atoms with E-state index in [4.69, 9.17) is 0 Å². The molecule has 0 aliphatic carbocycles. The van der Waals surface area contributed by atoms with E-state index in [1.54, 1.807) is 0 Å². The lowest BCUT2D eigenvalue weighted by Gasteiger charge is -1.90. The van der Waals surface area contributed by atoms with Crippen LogP contribution in [0.5, 0.6) is 0 Å². The van der Waals surface area contributed by atoms with Crippen LogP contribution >= 0.6 is 0 Å². The second kappa shape index (κ2) is 11.5. The minimum absolute atomic E-state index is 1.12. The lowest BCUT2D eigenvalue weighted by Crippen LogP contribution is -1.70. The SMILES string of the molecule is CCCC=CCC=CCCCCC. The van der Waals surface area contributed by atoms with Gasteiger partial charge in [-0.25, -0.2) is 0 Å². The highest BCUT2D eigenvalue weighted by Gasteiger charge is 1.80. The van der Waals surface area contributed by atoms with E-state index in [-0.39, 0.29) is 0 Å². The standard InChI is InChI=1S/C13H24/c1-3-5-7-9-11-13-12-10-8-6-4-2/h7,9,12-13H,3-6,8,10-11H2,1-2H3. The highest BCUT2D eigenvalue weighted by Crippen LogP contribution is 2.00. The maximum absolute atomic E-state index is 2.31. The normalized spacial score (nSPS) is 11.8. The molecule has 0 amide bonds. The molecule has 0 spiro atoms. The van der Waals surface area contributed by atoms with Crippen molar-refractivity contribution in [3.63, 3.8) is 0 Å². The van der Waals surface area contributed by atoms with Crippen LogP contribution in [0.3, 0.4) is 0 Å². The predicted octanol–water partition coefficient (Wildman–Crippen LogP) is 4.87. The summed E-state index contributed by atoms with van der Waals surface area (Å²) in [5.41, 5.74) is 0. The van der Waals surface area contributed by atoms with E-state index in [2.05, 4.69) is 38.2 Å². The zero-order valence-electron chi connectivity index (χ0n) is 9.26. The summed E-state index contributed by atoms with van der Waals surface area (Å²) in [5.74, 6) is 0. The van der Waals surface area contributed by atoms with E-state index in [0.717, 1.165) is 6.42 Å². The summed E-state index contributed by atoms with van der Waals surface area (Å²) >= 11 is 0. The Morgan fingerprint density at radius 3 is 2.00 bits per heavy atom. The van der Waals surface area contributed by atoms with Crippen LogP contribution in [0.25, 0.3) is 0 Å². The zero-order chi connectivity index (χ0) is 9.78. The average Bonchev–Trinajstić information content (AvgIpc) is 2.16. The molecule has 0 rings (SSSR count). The molecule has 0 radical (unpaired) electrons. The van der Waals surface area contributed by atoms with Gasteiger partial charge in [-0.05, 0) is 25.7 Å². The van der Waals surface area contributed by atoms with E-state index in [9.17, 15) is 0 Å². The van der Waals surface area contributed by atoms with Crippen molar-refractivity contribution in [1.82, 2.24) is 0 Å². The number of allylic oxidation sites excluding steroid dienone is 4. The van der Waals surface area contributed by atoms with Crippen molar-refractivity contribution in [2.24, 2.45) is 0 Å². The lowest BCUT2D eigenvalue weighted by atomic mass is 10.2. The van der Waals surface area contributed by atoms with Gasteiger partial charge in [-0.15, -0.1) is 0 Å². The van der Waals surface area contributed by atoms with Crippen molar-refractivity contribution in [3.05, 3.63) is 24.3 Å². The predicted molar refractivity (Wildman–Crippen MR) is 61.9 cm³/mol. The van der Waals surface area contributed by atoms with Gasteiger partial charge in [-0.2, -0.15) is 0 Å². The molecule has 0 aromatic rings. The first-order chi connectivity index (χ1) is 6.41. The van der Waals surface area contributed by atoms with Crippen LogP contribution in [0.4, 0.5) is 0 Å². The quantitative estimate of drug-likeness (QED) is 0.369. The van der Waals surface area contributed by atoms with Crippen LogP contribution in [0.15, 0.2) is 24.3 Å². The molecule has 0 saturated carbocycles. The van der Waals surface area contributed by atoms with Crippen LogP contribution in [-0.2, 0) is 0 Å². The fourth-order valence-electron chi connectivity index (χ4n) is 1.19. The molecule has 0 atom stereocenters. The molecule has 13 heavy (non-hydrogen) atoms. The maximum Gasteiger partial charge on any atom is -0.0169 e. The highest BCUT2D eigenvalue weighted by atomic mass is 13.9. The van der Waals surface area contributed by atoms with Crippen molar-refractivity contribution in [3.8, 4) is 0 Å². The first-order valence-electron chi connectivity index (χ1n) is 5.71. The largest absolute Gasteiger partial charge is 0.0882 e. The first kappa shape index (κ1) is 12.5. The number of rotatable bonds is 8. The molecule has 0 aromatic carbocycles. The Kier molecular flexibility index (Phi) is 11.0. The first-order valence-corrected chi connectivity index (χ1v) is 5.71. The fraction of sp³-hybridized carbons (Fsp3) is 0.692. The van der Waals surface area contributed by atoms with Gasteiger partial charge < -0.3 is 0 Å². The molecular formula is C13H24. The van der Waals surface area contributed by atoms with Gasteiger partial charge >= 0.3 is 0 Å². The second-order valence-corrected chi connectivity index (χ2v) is 3.46.